The van der Waals surface area contributed by atoms with Gasteiger partial charge in [-0.1, -0.05) is 37.3 Å². The Morgan fingerprint density at radius 3 is 2.72 bits per heavy atom. The van der Waals surface area contributed by atoms with E-state index in [1.807, 2.05) is 36.4 Å². The highest BCUT2D eigenvalue weighted by atomic mass is 16.5. The molecule has 0 fully saturated rings. The normalized spacial score (nSPS) is 10.6. The molecule has 0 aromatic heterocycles. The van der Waals surface area contributed by atoms with Crippen molar-refractivity contribution in [3.8, 4) is 11.5 Å². The van der Waals surface area contributed by atoms with Crippen LogP contribution in [0.5, 0.6) is 11.5 Å². The van der Waals surface area contributed by atoms with Crippen molar-refractivity contribution in [1.82, 2.24) is 5.43 Å². The highest BCUT2D eigenvalue weighted by molar-refractivity contribution is 5.86. The molecule has 0 radical (unpaired) electrons. The standard InChI is InChI=1S/C20H22N2O3/c1-3-6-16-7-5-8-17(20(16)24)13-21-22-19(23)14-25-18-11-9-15(4-2)10-12-18/h3,5,7-13,24H,1,4,6,14H2,2H3,(H,22,23). The maximum Gasteiger partial charge on any atom is 0.277 e. The van der Waals surface area contributed by atoms with Crippen molar-refractivity contribution in [2.45, 2.75) is 19.8 Å². The molecule has 130 valence electrons. The number of aryl methyl sites for hydroxylation is 1. The van der Waals surface area contributed by atoms with Gasteiger partial charge in [0.2, 0.25) is 0 Å². The first-order valence-corrected chi connectivity index (χ1v) is 8.09. The van der Waals surface area contributed by atoms with E-state index >= 15 is 0 Å². The van der Waals surface area contributed by atoms with Crippen LogP contribution in [0.4, 0.5) is 0 Å². The second kappa shape index (κ2) is 9.27. The van der Waals surface area contributed by atoms with E-state index in [0.29, 0.717) is 17.7 Å². The third-order valence-corrected chi connectivity index (χ3v) is 3.61. The van der Waals surface area contributed by atoms with Crippen LogP contribution in [-0.4, -0.2) is 23.8 Å². The average Bonchev–Trinajstić information content (AvgIpc) is 2.63. The molecule has 2 rings (SSSR count). The minimum Gasteiger partial charge on any atom is -0.507 e. The number of nitrogens with one attached hydrogen (secondary N) is 1. The summed E-state index contributed by atoms with van der Waals surface area (Å²) in [6, 6.07) is 12.9. The lowest BCUT2D eigenvalue weighted by Crippen LogP contribution is -2.24. The van der Waals surface area contributed by atoms with Gasteiger partial charge in [0.25, 0.3) is 5.91 Å². The van der Waals surface area contributed by atoms with Crippen LogP contribution in [0.3, 0.4) is 0 Å². The average molecular weight is 338 g/mol. The number of allylic oxidation sites excluding steroid dienone is 1. The first kappa shape index (κ1) is 18.3. The number of amides is 1. The first-order valence-electron chi connectivity index (χ1n) is 8.09. The lowest BCUT2D eigenvalue weighted by molar-refractivity contribution is -0.123. The van der Waals surface area contributed by atoms with E-state index in [4.69, 9.17) is 4.74 Å². The monoisotopic (exact) mass is 338 g/mol. The smallest absolute Gasteiger partial charge is 0.277 e. The predicted molar refractivity (Wildman–Crippen MR) is 99.1 cm³/mol. The van der Waals surface area contributed by atoms with E-state index in [1.54, 1.807) is 12.1 Å². The topological polar surface area (TPSA) is 70.9 Å². The molecule has 25 heavy (non-hydrogen) atoms. The van der Waals surface area contributed by atoms with Crippen molar-refractivity contribution >= 4 is 12.1 Å². The third kappa shape index (κ3) is 5.49. The summed E-state index contributed by atoms with van der Waals surface area (Å²) in [7, 11) is 0. The number of para-hydroxylation sites is 1. The maximum atomic E-state index is 11.8. The molecule has 0 aliphatic heterocycles. The van der Waals surface area contributed by atoms with Crippen LogP contribution < -0.4 is 10.2 Å². The fourth-order valence-corrected chi connectivity index (χ4v) is 2.21. The summed E-state index contributed by atoms with van der Waals surface area (Å²) in [6.07, 6.45) is 4.62. The Labute approximate surface area is 147 Å². The molecule has 5 heteroatoms. The van der Waals surface area contributed by atoms with Crippen molar-refractivity contribution in [2.75, 3.05) is 6.61 Å². The van der Waals surface area contributed by atoms with Gasteiger partial charge in [0, 0.05) is 5.56 Å². The van der Waals surface area contributed by atoms with Gasteiger partial charge >= 0.3 is 0 Å². The summed E-state index contributed by atoms with van der Waals surface area (Å²) >= 11 is 0. The Bertz CT molecular complexity index is 752. The fraction of sp³-hybridized carbons (Fsp3) is 0.200. The summed E-state index contributed by atoms with van der Waals surface area (Å²) in [5.74, 6) is 0.385. The Morgan fingerprint density at radius 2 is 2.04 bits per heavy atom. The lowest BCUT2D eigenvalue weighted by Gasteiger charge is -2.06. The number of ether oxygens (including phenoxy) is 1. The minimum absolute atomic E-state index is 0.132. The Hall–Kier alpha value is -3.08. The summed E-state index contributed by atoms with van der Waals surface area (Å²) < 4.78 is 5.40. The van der Waals surface area contributed by atoms with Crippen molar-refractivity contribution in [3.05, 3.63) is 71.8 Å². The van der Waals surface area contributed by atoms with Crippen molar-refractivity contribution < 1.29 is 14.6 Å². The van der Waals surface area contributed by atoms with Crippen LogP contribution in [0.25, 0.3) is 0 Å². The number of carbonyl (C=O) groups is 1. The number of hydrazone groups is 1. The predicted octanol–water partition coefficient (Wildman–Crippen LogP) is 3.21. The number of nitrogens with zero attached hydrogens (tertiary/aromatic N) is 1. The first-order chi connectivity index (χ1) is 12.1. The Kier molecular flexibility index (Phi) is 6.77. The van der Waals surface area contributed by atoms with Crippen LogP contribution in [0.1, 0.15) is 23.6 Å². The molecule has 5 nitrogen and oxygen atoms in total. The molecule has 0 atom stereocenters. The molecule has 2 aromatic carbocycles. The van der Waals surface area contributed by atoms with Crippen molar-refractivity contribution in [1.29, 1.82) is 0 Å². The molecule has 0 aliphatic carbocycles. The molecule has 0 bridgehead atoms. The molecule has 0 saturated carbocycles. The van der Waals surface area contributed by atoms with E-state index in [-0.39, 0.29) is 18.3 Å². The van der Waals surface area contributed by atoms with Crippen LogP contribution in [0.2, 0.25) is 0 Å². The Balaban J connectivity index is 1.85. The highest BCUT2D eigenvalue weighted by Crippen LogP contribution is 2.21. The second-order valence-corrected chi connectivity index (χ2v) is 5.43. The number of phenolic OH excluding ortho intramolecular Hbond substituents is 1. The van der Waals surface area contributed by atoms with Crippen LogP contribution in [0.15, 0.2) is 60.2 Å². The van der Waals surface area contributed by atoms with Crippen molar-refractivity contribution in [3.63, 3.8) is 0 Å². The largest absolute Gasteiger partial charge is 0.507 e. The zero-order valence-corrected chi connectivity index (χ0v) is 14.2. The number of hydrogen-bond donors (Lipinski definition) is 2. The zero-order valence-electron chi connectivity index (χ0n) is 14.2. The van der Waals surface area contributed by atoms with Crippen molar-refractivity contribution in [2.24, 2.45) is 5.10 Å². The second-order valence-electron chi connectivity index (χ2n) is 5.43. The number of carbonyl (C=O) groups excluding carboxylic acids is 1. The molecule has 0 unspecified atom stereocenters. The Morgan fingerprint density at radius 1 is 1.28 bits per heavy atom. The maximum absolute atomic E-state index is 11.8. The van der Waals surface area contributed by atoms with E-state index < -0.39 is 0 Å². The fourth-order valence-electron chi connectivity index (χ4n) is 2.21. The number of rotatable bonds is 8. The van der Waals surface area contributed by atoms with Gasteiger partial charge in [0.1, 0.15) is 11.5 Å². The van der Waals surface area contributed by atoms with E-state index in [2.05, 4.69) is 24.0 Å². The molecule has 0 spiro atoms. The quantitative estimate of drug-likeness (QED) is 0.441. The van der Waals surface area contributed by atoms with Gasteiger partial charge in [-0.2, -0.15) is 5.10 Å². The van der Waals surface area contributed by atoms with Gasteiger partial charge in [0.05, 0.1) is 6.21 Å². The van der Waals surface area contributed by atoms with Crippen LogP contribution in [0, 0.1) is 0 Å². The summed E-state index contributed by atoms with van der Waals surface area (Å²) in [4.78, 5) is 11.8. The van der Waals surface area contributed by atoms with Gasteiger partial charge in [-0.15, -0.1) is 6.58 Å². The molecule has 0 aliphatic rings. The molecule has 0 heterocycles. The SMILES string of the molecule is C=CCc1cccc(C=NNC(=O)COc2ccc(CC)cc2)c1O. The van der Waals surface area contributed by atoms with Gasteiger partial charge in [-0.05, 0) is 42.2 Å². The van der Waals surface area contributed by atoms with Gasteiger partial charge in [-0.25, -0.2) is 5.43 Å². The van der Waals surface area contributed by atoms with E-state index in [1.165, 1.54) is 11.8 Å². The van der Waals surface area contributed by atoms with E-state index in [9.17, 15) is 9.90 Å². The lowest BCUT2D eigenvalue weighted by atomic mass is 10.1. The number of aromatic hydroxyl groups is 1. The molecule has 0 saturated heterocycles. The molecular formula is C20H22N2O3. The molecule has 1 amide bonds. The minimum atomic E-state index is -0.377. The molecule has 2 aromatic rings. The van der Waals surface area contributed by atoms with Gasteiger partial charge < -0.3 is 9.84 Å². The summed E-state index contributed by atoms with van der Waals surface area (Å²) in [5.41, 5.74) is 4.86. The summed E-state index contributed by atoms with van der Waals surface area (Å²) in [5, 5.41) is 14.0. The zero-order chi connectivity index (χ0) is 18.1. The van der Waals surface area contributed by atoms with Crippen LogP contribution in [-0.2, 0) is 17.6 Å². The number of phenols is 1. The highest BCUT2D eigenvalue weighted by Gasteiger charge is 2.05. The van der Waals surface area contributed by atoms with Gasteiger partial charge in [-0.3, -0.25) is 4.79 Å². The summed E-state index contributed by atoms with van der Waals surface area (Å²) in [6.45, 7) is 5.59. The van der Waals surface area contributed by atoms with Gasteiger partial charge in [0.15, 0.2) is 6.61 Å². The number of hydrogen-bond acceptors (Lipinski definition) is 4. The third-order valence-electron chi connectivity index (χ3n) is 3.61. The number of benzene rings is 2. The molecule has 2 N–H and O–H groups in total. The van der Waals surface area contributed by atoms with E-state index in [0.717, 1.165) is 12.0 Å². The molecular weight excluding hydrogens is 316 g/mol. The van der Waals surface area contributed by atoms with Crippen LogP contribution >= 0.6 is 0 Å².